The summed E-state index contributed by atoms with van der Waals surface area (Å²) in [5, 5.41) is 6.24. The van der Waals surface area contributed by atoms with Crippen LogP contribution < -0.4 is 11.0 Å². The van der Waals surface area contributed by atoms with Gasteiger partial charge in [0.05, 0.1) is 10.3 Å². The third kappa shape index (κ3) is 2.50. The zero-order valence-electron chi connectivity index (χ0n) is 11.6. The van der Waals surface area contributed by atoms with Gasteiger partial charge in [0.2, 0.25) is 0 Å². The average Bonchev–Trinajstić information content (AvgIpc) is 3.31. The second-order valence-electron chi connectivity index (χ2n) is 4.64. The van der Waals surface area contributed by atoms with Crippen LogP contribution in [0.5, 0.6) is 0 Å². The summed E-state index contributed by atoms with van der Waals surface area (Å²) in [6, 6.07) is 7.40. The fourth-order valence-corrected chi connectivity index (χ4v) is 4.53. The first kappa shape index (κ1) is 14.3. The van der Waals surface area contributed by atoms with Gasteiger partial charge in [-0.3, -0.25) is 15.0 Å². The number of thiophene rings is 3. The first-order valence-electron chi connectivity index (χ1n) is 6.61. The van der Waals surface area contributed by atoms with Crippen molar-refractivity contribution in [3.63, 3.8) is 0 Å². The van der Waals surface area contributed by atoms with Crippen molar-refractivity contribution < 1.29 is 4.79 Å². The lowest BCUT2D eigenvalue weighted by Crippen LogP contribution is -2.32. The molecule has 8 heteroatoms. The number of nitrogens with zero attached hydrogens (tertiary/aromatic N) is 2. The third-order valence-electron chi connectivity index (χ3n) is 3.25. The van der Waals surface area contributed by atoms with Crippen molar-refractivity contribution in [3.05, 3.63) is 62.0 Å². The minimum atomic E-state index is -0.323. The monoisotopic (exact) mass is 359 g/mol. The molecule has 0 bridgehead atoms. The molecule has 23 heavy (non-hydrogen) atoms. The van der Waals surface area contributed by atoms with Crippen LogP contribution in [0.25, 0.3) is 20.7 Å². The van der Waals surface area contributed by atoms with Crippen molar-refractivity contribution in [1.82, 2.24) is 9.66 Å². The Hall–Kier alpha value is -2.29. The van der Waals surface area contributed by atoms with E-state index >= 15 is 0 Å². The van der Waals surface area contributed by atoms with Crippen LogP contribution >= 0.6 is 34.0 Å². The molecule has 4 heterocycles. The van der Waals surface area contributed by atoms with Crippen LogP contribution in [0.3, 0.4) is 0 Å². The molecule has 0 aliphatic rings. The number of nitrogens with one attached hydrogen (secondary N) is 1. The lowest BCUT2D eigenvalue weighted by atomic mass is 10.2. The van der Waals surface area contributed by atoms with Gasteiger partial charge in [0.15, 0.2) is 0 Å². The van der Waals surface area contributed by atoms with Crippen molar-refractivity contribution in [2.75, 3.05) is 5.43 Å². The standard InChI is InChI=1S/C15H9N3O2S3/c19-13(11-4-2-6-22-11)17-18-8-16-14-12(15(18)20)9(7-23-14)10-3-1-5-21-10/h1-8H,(H,17,19). The van der Waals surface area contributed by atoms with E-state index in [-0.39, 0.29) is 11.5 Å². The Kier molecular flexibility index (Phi) is 3.56. The largest absolute Gasteiger partial charge is 0.281 e. The second kappa shape index (κ2) is 5.73. The van der Waals surface area contributed by atoms with Crippen LogP contribution in [0.2, 0.25) is 0 Å². The molecule has 4 aromatic rings. The molecular formula is C15H9N3O2S3. The molecular weight excluding hydrogens is 350 g/mol. The molecule has 114 valence electrons. The Labute approximate surface area is 142 Å². The maximum Gasteiger partial charge on any atom is 0.281 e. The summed E-state index contributed by atoms with van der Waals surface area (Å²) in [7, 11) is 0. The van der Waals surface area contributed by atoms with E-state index in [9.17, 15) is 9.59 Å². The molecule has 1 amide bonds. The molecule has 5 nitrogen and oxygen atoms in total. The first-order chi connectivity index (χ1) is 11.2. The zero-order chi connectivity index (χ0) is 15.8. The fourth-order valence-electron chi connectivity index (χ4n) is 2.20. The topological polar surface area (TPSA) is 64.0 Å². The van der Waals surface area contributed by atoms with E-state index in [1.807, 2.05) is 28.3 Å². The normalized spacial score (nSPS) is 11.0. The number of carbonyl (C=O) groups excluding carboxylic acids is 1. The highest BCUT2D eigenvalue weighted by Gasteiger charge is 2.15. The Morgan fingerprint density at radius 3 is 2.70 bits per heavy atom. The number of aromatic nitrogens is 2. The smallest absolute Gasteiger partial charge is 0.267 e. The van der Waals surface area contributed by atoms with E-state index in [1.54, 1.807) is 23.5 Å². The number of hydrogen-bond acceptors (Lipinski definition) is 6. The van der Waals surface area contributed by atoms with Crippen LogP contribution in [0.15, 0.2) is 51.5 Å². The zero-order valence-corrected chi connectivity index (χ0v) is 14.0. The van der Waals surface area contributed by atoms with E-state index in [1.165, 1.54) is 29.0 Å². The van der Waals surface area contributed by atoms with Crippen LogP contribution in [0, 0.1) is 0 Å². The number of carbonyl (C=O) groups is 1. The molecule has 0 atom stereocenters. The number of rotatable bonds is 3. The molecule has 0 saturated heterocycles. The summed E-state index contributed by atoms with van der Waals surface area (Å²) in [4.78, 5) is 31.4. The molecule has 0 fully saturated rings. The van der Waals surface area contributed by atoms with E-state index in [4.69, 9.17) is 0 Å². The SMILES string of the molecule is O=C(Nn1cnc2scc(-c3cccs3)c2c1=O)c1cccs1. The van der Waals surface area contributed by atoms with Crippen molar-refractivity contribution in [2.45, 2.75) is 0 Å². The number of fused-ring (bicyclic) bond motifs is 1. The molecule has 0 aliphatic carbocycles. The summed E-state index contributed by atoms with van der Waals surface area (Å²) >= 11 is 4.31. The van der Waals surface area contributed by atoms with Gasteiger partial charge < -0.3 is 0 Å². The molecule has 0 radical (unpaired) electrons. The number of amides is 1. The highest BCUT2D eigenvalue weighted by molar-refractivity contribution is 7.18. The quantitative estimate of drug-likeness (QED) is 0.607. The van der Waals surface area contributed by atoms with Gasteiger partial charge in [0.25, 0.3) is 11.5 Å². The predicted octanol–water partition coefficient (Wildman–Crippen LogP) is 3.63. The van der Waals surface area contributed by atoms with Gasteiger partial charge in [0, 0.05) is 15.8 Å². The third-order valence-corrected chi connectivity index (χ3v) is 5.91. The van der Waals surface area contributed by atoms with E-state index in [2.05, 4.69) is 10.4 Å². The Bertz CT molecular complexity index is 1030. The van der Waals surface area contributed by atoms with Crippen molar-refractivity contribution in [2.24, 2.45) is 0 Å². The molecule has 4 aromatic heterocycles. The van der Waals surface area contributed by atoms with Gasteiger partial charge in [0.1, 0.15) is 11.2 Å². The number of hydrogen-bond donors (Lipinski definition) is 1. The van der Waals surface area contributed by atoms with Gasteiger partial charge in [-0.25, -0.2) is 9.66 Å². The minimum absolute atomic E-state index is 0.274. The molecule has 0 aliphatic heterocycles. The summed E-state index contributed by atoms with van der Waals surface area (Å²) in [5.41, 5.74) is 3.17. The Morgan fingerprint density at radius 1 is 1.13 bits per heavy atom. The second-order valence-corrected chi connectivity index (χ2v) is 7.40. The Morgan fingerprint density at radius 2 is 1.96 bits per heavy atom. The van der Waals surface area contributed by atoms with Gasteiger partial charge in [-0.15, -0.1) is 34.0 Å². The van der Waals surface area contributed by atoms with E-state index in [0.29, 0.717) is 15.1 Å². The van der Waals surface area contributed by atoms with Crippen LogP contribution in [0.1, 0.15) is 9.67 Å². The van der Waals surface area contributed by atoms with Gasteiger partial charge in [-0.05, 0) is 22.9 Å². The van der Waals surface area contributed by atoms with E-state index in [0.717, 1.165) is 15.1 Å². The summed E-state index contributed by atoms with van der Waals surface area (Å²) in [6.45, 7) is 0. The fraction of sp³-hybridized carbons (Fsp3) is 0. The van der Waals surface area contributed by atoms with Crippen molar-refractivity contribution in [3.8, 4) is 10.4 Å². The van der Waals surface area contributed by atoms with Crippen molar-refractivity contribution >= 4 is 50.1 Å². The average molecular weight is 359 g/mol. The molecule has 0 unspecified atom stereocenters. The molecule has 0 saturated carbocycles. The summed E-state index contributed by atoms with van der Waals surface area (Å²) in [5.74, 6) is -0.323. The highest BCUT2D eigenvalue weighted by atomic mass is 32.1. The van der Waals surface area contributed by atoms with E-state index < -0.39 is 0 Å². The minimum Gasteiger partial charge on any atom is -0.267 e. The Balaban J connectivity index is 1.80. The molecule has 0 aromatic carbocycles. The van der Waals surface area contributed by atoms with Crippen molar-refractivity contribution in [1.29, 1.82) is 0 Å². The summed E-state index contributed by atoms with van der Waals surface area (Å²) < 4.78 is 1.15. The maximum absolute atomic E-state index is 12.7. The molecule has 4 rings (SSSR count). The van der Waals surface area contributed by atoms with Gasteiger partial charge >= 0.3 is 0 Å². The molecule has 1 N–H and O–H groups in total. The van der Waals surface area contributed by atoms with Gasteiger partial charge in [-0.2, -0.15) is 0 Å². The van der Waals surface area contributed by atoms with Crippen LogP contribution in [0.4, 0.5) is 0 Å². The van der Waals surface area contributed by atoms with Crippen LogP contribution in [-0.4, -0.2) is 15.6 Å². The maximum atomic E-state index is 12.7. The summed E-state index contributed by atoms with van der Waals surface area (Å²) in [6.07, 6.45) is 1.35. The predicted molar refractivity (Wildman–Crippen MR) is 95.2 cm³/mol. The highest BCUT2D eigenvalue weighted by Crippen LogP contribution is 2.33. The molecule has 0 spiro atoms. The lowest BCUT2D eigenvalue weighted by molar-refractivity contribution is 0.101. The lowest BCUT2D eigenvalue weighted by Gasteiger charge is -2.06. The first-order valence-corrected chi connectivity index (χ1v) is 9.25. The van der Waals surface area contributed by atoms with Crippen LogP contribution in [-0.2, 0) is 0 Å². The van der Waals surface area contributed by atoms with Gasteiger partial charge in [-0.1, -0.05) is 12.1 Å².